The maximum Gasteiger partial charge on any atom is 0.253 e. The molecule has 1 N–H and O–H groups in total. The van der Waals surface area contributed by atoms with E-state index >= 15 is 0 Å². The zero-order valence-corrected chi connectivity index (χ0v) is 11.1. The van der Waals surface area contributed by atoms with Gasteiger partial charge in [-0.2, -0.15) is 0 Å². The average Bonchev–Trinajstić information content (AvgIpc) is 3.21. The fourth-order valence-electron chi connectivity index (χ4n) is 2.01. The first-order chi connectivity index (χ1) is 9.02. The second kappa shape index (κ2) is 5.57. The van der Waals surface area contributed by atoms with E-state index in [2.05, 4.69) is 0 Å². The Morgan fingerprint density at radius 2 is 2.26 bits per heavy atom. The lowest BCUT2D eigenvalue weighted by Crippen LogP contribution is -2.35. The molecule has 0 spiro atoms. The minimum Gasteiger partial charge on any atom is -0.494 e. The molecular formula is C14H18FNO3. The third-order valence-corrected chi connectivity index (χ3v) is 3.37. The number of likely N-dealkylation sites (N-methyl/N-ethyl adjacent to an activating group) is 1. The molecule has 0 bridgehead atoms. The molecule has 2 rings (SSSR count). The van der Waals surface area contributed by atoms with E-state index in [0.717, 1.165) is 18.9 Å². The third kappa shape index (κ3) is 3.23. The van der Waals surface area contributed by atoms with Crippen LogP contribution in [-0.2, 0) is 0 Å². The van der Waals surface area contributed by atoms with Crippen LogP contribution in [0.3, 0.4) is 0 Å². The molecule has 1 fully saturated rings. The van der Waals surface area contributed by atoms with Crippen molar-refractivity contribution >= 4 is 5.91 Å². The summed E-state index contributed by atoms with van der Waals surface area (Å²) in [4.78, 5) is 13.5. The standard InChI is InChI=1S/C14H18FNO3/c1-16(8-12(17)9-3-4-9)14(18)10-5-6-13(19-2)11(15)7-10/h5-7,9,12,17H,3-4,8H2,1-2H3. The number of benzene rings is 1. The maximum absolute atomic E-state index is 13.5. The summed E-state index contributed by atoms with van der Waals surface area (Å²) in [7, 11) is 2.98. The number of halogens is 1. The van der Waals surface area contributed by atoms with Gasteiger partial charge >= 0.3 is 0 Å². The molecule has 1 aromatic rings. The van der Waals surface area contributed by atoms with Crippen molar-refractivity contribution < 1.29 is 19.0 Å². The van der Waals surface area contributed by atoms with E-state index in [0.29, 0.717) is 5.92 Å². The number of ether oxygens (including phenoxy) is 1. The molecule has 0 heterocycles. The van der Waals surface area contributed by atoms with E-state index in [1.54, 1.807) is 7.05 Å². The van der Waals surface area contributed by atoms with Gasteiger partial charge in [-0.15, -0.1) is 0 Å². The smallest absolute Gasteiger partial charge is 0.253 e. The molecule has 104 valence electrons. The van der Waals surface area contributed by atoms with E-state index in [1.165, 1.54) is 24.1 Å². The molecule has 0 saturated heterocycles. The fourth-order valence-corrected chi connectivity index (χ4v) is 2.01. The Hall–Kier alpha value is -1.62. The van der Waals surface area contributed by atoms with Gasteiger partial charge in [0.15, 0.2) is 11.6 Å². The van der Waals surface area contributed by atoms with Crippen LogP contribution in [0.5, 0.6) is 5.75 Å². The molecule has 1 aliphatic rings. The topological polar surface area (TPSA) is 49.8 Å². The summed E-state index contributed by atoms with van der Waals surface area (Å²) in [5, 5.41) is 9.80. The number of carbonyl (C=O) groups is 1. The fraction of sp³-hybridized carbons (Fsp3) is 0.500. The Kier molecular flexibility index (Phi) is 4.04. The number of rotatable bonds is 5. The Morgan fingerprint density at radius 3 is 2.79 bits per heavy atom. The second-order valence-electron chi connectivity index (χ2n) is 4.94. The Morgan fingerprint density at radius 1 is 1.58 bits per heavy atom. The lowest BCUT2D eigenvalue weighted by molar-refractivity contribution is 0.0645. The predicted molar refractivity (Wildman–Crippen MR) is 68.6 cm³/mol. The van der Waals surface area contributed by atoms with Gasteiger partial charge in [0.25, 0.3) is 5.91 Å². The van der Waals surface area contributed by atoms with Crippen molar-refractivity contribution in [1.82, 2.24) is 4.90 Å². The van der Waals surface area contributed by atoms with E-state index in [1.807, 2.05) is 0 Å². The molecule has 0 aromatic heterocycles. The number of aliphatic hydroxyl groups is 1. The Labute approximate surface area is 111 Å². The number of amides is 1. The number of nitrogens with zero attached hydrogens (tertiary/aromatic N) is 1. The van der Waals surface area contributed by atoms with Crippen LogP contribution in [0, 0.1) is 11.7 Å². The molecule has 1 unspecified atom stereocenters. The van der Waals surface area contributed by atoms with Gasteiger partial charge in [-0.3, -0.25) is 4.79 Å². The second-order valence-corrected chi connectivity index (χ2v) is 4.94. The Balaban J connectivity index is 2.03. The van der Waals surface area contributed by atoms with Gasteiger partial charge in [-0.05, 0) is 37.0 Å². The summed E-state index contributed by atoms with van der Waals surface area (Å²) >= 11 is 0. The lowest BCUT2D eigenvalue weighted by Gasteiger charge is -2.21. The quantitative estimate of drug-likeness (QED) is 0.883. The Bertz CT molecular complexity index is 474. The first-order valence-electron chi connectivity index (χ1n) is 6.30. The minimum absolute atomic E-state index is 0.109. The van der Waals surface area contributed by atoms with Crippen LogP contribution in [-0.4, -0.2) is 42.7 Å². The molecule has 4 nitrogen and oxygen atoms in total. The van der Waals surface area contributed by atoms with Crippen molar-refractivity contribution in [1.29, 1.82) is 0 Å². The molecule has 0 aliphatic heterocycles. The summed E-state index contributed by atoms with van der Waals surface area (Å²) in [5.41, 5.74) is 0.254. The SMILES string of the molecule is COc1ccc(C(=O)N(C)CC(O)C2CC2)cc1F. The molecule has 0 radical (unpaired) electrons. The van der Waals surface area contributed by atoms with E-state index in [-0.39, 0.29) is 23.8 Å². The van der Waals surface area contributed by atoms with Gasteiger partial charge in [0.1, 0.15) is 0 Å². The number of methoxy groups -OCH3 is 1. The van der Waals surface area contributed by atoms with Crippen LogP contribution in [0.25, 0.3) is 0 Å². The largest absolute Gasteiger partial charge is 0.494 e. The van der Waals surface area contributed by atoms with Crippen molar-refractivity contribution in [3.63, 3.8) is 0 Å². The highest BCUT2D eigenvalue weighted by Gasteiger charge is 2.31. The van der Waals surface area contributed by atoms with E-state index < -0.39 is 11.9 Å². The highest BCUT2D eigenvalue weighted by Crippen LogP contribution is 2.32. The number of hydrogen-bond acceptors (Lipinski definition) is 3. The summed E-state index contributed by atoms with van der Waals surface area (Å²) in [6.45, 7) is 0.275. The van der Waals surface area contributed by atoms with Crippen LogP contribution < -0.4 is 4.74 Å². The van der Waals surface area contributed by atoms with Crippen LogP contribution >= 0.6 is 0 Å². The highest BCUT2D eigenvalue weighted by atomic mass is 19.1. The van der Waals surface area contributed by atoms with Gasteiger partial charge in [0.2, 0.25) is 0 Å². The summed E-state index contributed by atoms with van der Waals surface area (Å²) in [6, 6.07) is 4.10. The first-order valence-corrected chi connectivity index (χ1v) is 6.30. The summed E-state index contributed by atoms with van der Waals surface area (Å²) < 4.78 is 18.3. The number of hydrogen-bond donors (Lipinski definition) is 1. The van der Waals surface area contributed by atoms with Crippen LogP contribution in [0.1, 0.15) is 23.2 Å². The molecule has 19 heavy (non-hydrogen) atoms. The van der Waals surface area contributed by atoms with Crippen molar-refractivity contribution in [2.24, 2.45) is 5.92 Å². The summed E-state index contributed by atoms with van der Waals surface area (Å²) in [6.07, 6.45) is 1.54. The van der Waals surface area contributed by atoms with Crippen molar-refractivity contribution in [2.75, 3.05) is 20.7 Å². The minimum atomic E-state index is -0.565. The third-order valence-electron chi connectivity index (χ3n) is 3.37. The number of carbonyl (C=O) groups excluding carboxylic acids is 1. The zero-order chi connectivity index (χ0) is 14.0. The molecule has 5 heteroatoms. The van der Waals surface area contributed by atoms with E-state index in [9.17, 15) is 14.3 Å². The van der Waals surface area contributed by atoms with Crippen molar-refractivity contribution in [3.05, 3.63) is 29.6 Å². The van der Waals surface area contributed by atoms with Crippen molar-refractivity contribution in [3.8, 4) is 5.75 Å². The molecule has 1 amide bonds. The van der Waals surface area contributed by atoms with Crippen LogP contribution in [0.2, 0.25) is 0 Å². The molecular weight excluding hydrogens is 249 g/mol. The molecule has 1 aromatic carbocycles. The molecule has 1 aliphatic carbocycles. The number of aliphatic hydroxyl groups excluding tert-OH is 1. The zero-order valence-electron chi connectivity index (χ0n) is 11.1. The van der Waals surface area contributed by atoms with Gasteiger partial charge < -0.3 is 14.7 Å². The molecule has 1 saturated carbocycles. The van der Waals surface area contributed by atoms with Crippen LogP contribution in [0.15, 0.2) is 18.2 Å². The summed E-state index contributed by atoms with van der Waals surface area (Å²) in [5.74, 6) is -0.453. The first kappa shape index (κ1) is 13.8. The van der Waals surface area contributed by atoms with Gasteiger partial charge in [0, 0.05) is 19.2 Å². The monoisotopic (exact) mass is 267 g/mol. The van der Waals surface area contributed by atoms with Crippen molar-refractivity contribution in [2.45, 2.75) is 18.9 Å². The normalized spacial score (nSPS) is 16.0. The maximum atomic E-state index is 13.5. The average molecular weight is 267 g/mol. The predicted octanol–water partition coefficient (Wildman–Crippen LogP) is 1.68. The lowest BCUT2D eigenvalue weighted by atomic mass is 10.1. The van der Waals surface area contributed by atoms with Gasteiger partial charge in [0.05, 0.1) is 13.2 Å². The highest BCUT2D eigenvalue weighted by molar-refractivity contribution is 5.94. The van der Waals surface area contributed by atoms with Gasteiger partial charge in [-0.1, -0.05) is 0 Å². The van der Waals surface area contributed by atoms with Crippen LogP contribution in [0.4, 0.5) is 4.39 Å². The van der Waals surface area contributed by atoms with E-state index in [4.69, 9.17) is 4.74 Å². The molecule has 1 atom stereocenters. The van der Waals surface area contributed by atoms with Gasteiger partial charge in [-0.25, -0.2) is 4.39 Å².